The van der Waals surface area contributed by atoms with Gasteiger partial charge >= 0.3 is 0 Å². The van der Waals surface area contributed by atoms with Crippen molar-refractivity contribution in [1.29, 1.82) is 0 Å². The summed E-state index contributed by atoms with van der Waals surface area (Å²) in [4.78, 5) is 8.65. The first-order valence-corrected chi connectivity index (χ1v) is 5.84. The van der Waals surface area contributed by atoms with Crippen molar-refractivity contribution in [1.82, 2.24) is 15.3 Å². The quantitative estimate of drug-likeness (QED) is 0.801. The lowest BCUT2D eigenvalue weighted by Gasteiger charge is -2.21. The van der Waals surface area contributed by atoms with E-state index in [4.69, 9.17) is 4.74 Å². The van der Waals surface area contributed by atoms with Gasteiger partial charge in [0.25, 0.3) is 0 Å². The molecule has 1 aromatic rings. The number of aromatic nitrogens is 2. The maximum atomic E-state index is 5.36. The van der Waals surface area contributed by atoms with E-state index >= 15 is 0 Å². The normalized spacial score (nSPS) is 14.5. The van der Waals surface area contributed by atoms with E-state index in [2.05, 4.69) is 29.1 Å². The number of ether oxygens (including phenoxy) is 1. The third kappa shape index (κ3) is 3.17. The number of rotatable bonds is 6. The maximum absolute atomic E-state index is 5.36. The molecule has 0 spiro atoms. The lowest BCUT2D eigenvalue weighted by atomic mass is 9.95. The number of nitrogens with zero attached hydrogens (tertiary/aromatic N) is 2. The lowest BCUT2D eigenvalue weighted by molar-refractivity contribution is 0.322. The van der Waals surface area contributed by atoms with Crippen LogP contribution in [0.1, 0.15) is 38.8 Å². The Morgan fingerprint density at radius 1 is 1.38 bits per heavy atom. The minimum Gasteiger partial charge on any atom is -0.477 e. The molecule has 1 rings (SSSR count). The van der Waals surface area contributed by atoms with Crippen molar-refractivity contribution in [2.45, 2.75) is 39.2 Å². The summed E-state index contributed by atoms with van der Waals surface area (Å²) in [6.07, 6.45) is 4.51. The Morgan fingerprint density at radius 2 is 2.12 bits per heavy atom. The highest BCUT2D eigenvalue weighted by atomic mass is 16.5. The Balaban J connectivity index is 2.87. The zero-order chi connectivity index (χ0) is 12.0. The number of hydrogen-bond donors (Lipinski definition) is 1. The molecule has 1 heterocycles. The van der Waals surface area contributed by atoms with Crippen molar-refractivity contribution in [3.05, 3.63) is 18.1 Å². The Bertz CT molecular complexity index is 317. The zero-order valence-electron chi connectivity index (χ0n) is 10.5. The molecule has 16 heavy (non-hydrogen) atoms. The molecule has 0 saturated heterocycles. The van der Waals surface area contributed by atoms with Crippen LogP contribution in [0.15, 0.2) is 12.4 Å². The molecule has 2 unspecified atom stereocenters. The predicted molar refractivity (Wildman–Crippen MR) is 64.8 cm³/mol. The van der Waals surface area contributed by atoms with E-state index in [1.807, 2.05) is 20.2 Å². The van der Waals surface area contributed by atoms with E-state index in [1.54, 1.807) is 6.20 Å². The van der Waals surface area contributed by atoms with Crippen LogP contribution >= 0.6 is 0 Å². The highest BCUT2D eigenvalue weighted by Crippen LogP contribution is 2.22. The monoisotopic (exact) mass is 223 g/mol. The standard InChI is InChI=1S/C12H21N3O/c1-5-10(9(3)13-4)11-7-14-8-12(15-11)16-6-2/h7-10,13H,5-6H2,1-4H3. The van der Waals surface area contributed by atoms with Crippen molar-refractivity contribution in [3.8, 4) is 5.88 Å². The van der Waals surface area contributed by atoms with Crippen LogP contribution in [0.3, 0.4) is 0 Å². The van der Waals surface area contributed by atoms with Crippen LogP contribution in [0.25, 0.3) is 0 Å². The molecule has 1 N–H and O–H groups in total. The first-order valence-electron chi connectivity index (χ1n) is 5.84. The molecule has 90 valence electrons. The van der Waals surface area contributed by atoms with Crippen LogP contribution in [0.2, 0.25) is 0 Å². The van der Waals surface area contributed by atoms with Gasteiger partial charge in [0, 0.05) is 18.2 Å². The lowest BCUT2D eigenvalue weighted by Crippen LogP contribution is -2.29. The summed E-state index contributed by atoms with van der Waals surface area (Å²) in [5.74, 6) is 0.986. The van der Waals surface area contributed by atoms with Crippen LogP contribution in [-0.2, 0) is 0 Å². The van der Waals surface area contributed by atoms with E-state index in [1.165, 1.54) is 0 Å². The molecule has 0 aliphatic rings. The average molecular weight is 223 g/mol. The van der Waals surface area contributed by atoms with Crippen molar-refractivity contribution >= 4 is 0 Å². The van der Waals surface area contributed by atoms with Gasteiger partial charge in [-0.05, 0) is 27.3 Å². The molecule has 0 aliphatic carbocycles. The van der Waals surface area contributed by atoms with E-state index in [-0.39, 0.29) is 0 Å². The molecule has 0 bridgehead atoms. The van der Waals surface area contributed by atoms with Crippen molar-refractivity contribution in [3.63, 3.8) is 0 Å². The second-order valence-electron chi connectivity index (χ2n) is 3.81. The maximum Gasteiger partial charge on any atom is 0.232 e. The molecule has 0 aliphatic heterocycles. The summed E-state index contributed by atoms with van der Waals surface area (Å²) in [6.45, 7) is 6.88. The molecule has 0 amide bonds. The SMILES string of the molecule is CCOc1cncc(C(CC)C(C)NC)n1. The highest BCUT2D eigenvalue weighted by Gasteiger charge is 2.18. The van der Waals surface area contributed by atoms with E-state index in [0.29, 0.717) is 24.4 Å². The topological polar surface area (TPSA) is 47.0 Å². The highest BCUT2D eigenvalue weighted by molar-refractivity contribution is 5.13. The van der Waals surface area contributed by atoms with Gasteiger partial charge in [-0.25, -0.2) is 4.98 Å². The Hall–Kier alpha value is -1.16. The predicted octanol–water partition coefficient (Wildman–Crippen LogP) is 1.98. The molecule has 0 fully saturated rings. The van der Waals surface area contributed by atoms with Gasteiger partial charge in [-0.2, -0.15) is 0 Å². The van der Waals surface area contributed by atoms with Gasteiger partial charge in [0.1, 0.15) is 0 Å². The van der Waals surface area contributed by atoms with Crippen molar-refractivity contribution in [2.75, 3.05) is 13.7 Å². The summed E-state index contributed by atoms with van der Waals surface area (Å²) in [6, 6.07) is 0.385. The Labute approximate surface area is 97.5 Å². The van der Waals surface area contributed by atoms with Crippen LogP contribution in [0.4, 0.5) is 0 Å². The molecule has 0 saturated carbocycles. The second-order valence-corrected chi connectivity index (χ2v) is 3.81. The van der Waals surface area contributed by atoms with Gasteiger partial charge in [0.2, 0.25) is 5.88 Å². The Morgan fingerprint density at radius 3 is 2.69 bits per heavy atom. The van der Waals surface area contributed by atoms with Crippen LogP contribution in [-0.4, -0.2) is 29.7 Å². The van der Waals surface area contributed by atoms with Crippen LogP contribution in [0, 0.1) is 0 Å². The van der Waals surface area contributed by atoms with Gasteiger partial charge in [-0.15, -0.1) is 0 Å². The van der Waals surface area contributed by atoms with Gasteiger partial charge in [-0.1, -0.05) is 6.92 Å². The molecule has 4 heteroatoms. The van der Waals surface area contributed by atoms with Gasteiger partial charge in [-0.3, -0.25) is 4.98 Å². The van der Waals surface area contributed by atoms with Gasteiger partial charge in [0.15, 0.2) is 0 Å². The average Bonchev–Trinajstić information content (AvgIpc) is 2.31. The fourth-order valence-electron chi connectivity index (χ4n) is 1.78. The smallest absolute Gasteiger partial charge is 0.232 e. The second kappa shape index (κ2) is 6.43. The summed E-state index contributed by atoms with van der Waals surface area (Å²) >= 11 is 0. The third-order valence-electron chi connectivity index (χ3n) is 2.80. The molecular weight excluding hydrogens is 202 g/mol. The molecule has 4 nitrogen and oxygen atoms in total. The molecule has 0 radical (unpaired) electrons. The summed E-state index contributed by atoms with van der Waals surface area (Å²) in [5, 5.41) is 3.26. The third-order valence-corrected chi connectivity index (χ3v) is 2.80. The van der Waals surface area contributed by atoms with Gasteiger partial charge < -0.3 is 10.1 Å². The number of likely N-dealkylation sites (N-methyl/N-ethyl adjacent to an activating group) is 1. The zero-order valence-corrected chi connectivity index (χ0v) is 10.5. The van der Waals surface area contributed by atoms with Crippen LogP contribution < -0.4 is 10.1 Å². The minimum absolute atomic E-state index is 0.373. The van der Waals surface area contributed by atoms with Crippen molar-refractivity contribution < 1.29 is 4.74 Å². The number of nitrogens with one attached hydrogen (secondary N) is 1. The minimum atomic E-state index is 0.373. The molecule has 0 aromatic carbocycles. The molecular formula is C12H21N3O. The Kier molecular flexibility index (Phi) is 5.19. The van der Waals surface area contributed by atoms with E-state index in [0.717, 1.165) is 12.1 Å². The van der Waals surface area contributed by atoms with E-state index in [9.17, 15) is 0 Å². The van der Waals surface area contributed by atoms with E-state index < -0.39 is 0 Å². The summed E-state index contributed by atoms with van der Waals surface area (Å²) in [5.41, 5.74) is 0.996. The molecule has 2 atom stereocenters. The van der Waals surface area contributed by atoms with Crippen LogP contribution in [0.5, 0.6) is 5.88 Å². The van der Waals surface area contributed by atoms with Crippen molar-refractivity contribution in [2.24, 2.45) is 0 Å². The first-order chi connectivity index (χ1) is 7.72. The number of hydrogen-bond acceptors (Lipinski definition) is 4. The summed E-state index contributed by atoms with van der Waals surface area (Å²) in [7, 11) is 1.97. The summed E-state index contributed by atoms with van der Waals surface area (Å²) < 4.78 is 5.36. The fraction of sp³-hybridized carbons (Fsp3) is 0.667. The largest absolute Gasteiger partial charge is 0.477 e. The first kappa shape index (κ1) is 12.9. The fourth-order valence-corrected chi connectivity index (χ4v) is 1.78. The van der Waals surface area contributed by atoms with Gasteiger partial charge in [0.05, 0.1) is 18.5 Å². The molecule has 1 aromatic heterocycles.